The van der Waals surface area contributed by atoms with Gasteiger partial charge in [0.2, 0.25) is 5.91 Å². The third-order valence-electron chi connectivity index (χ3n) is 5.19. The minimum atomic E-state index is -1.20. The van der Waals surface area contributed by atoms with Crippen LogP contribution in [0.4, 0.5) is 10.5 Å². The molecule has 0 bridgehead atoms. The predicted octanol–water partition coefficient (Wildman–Crippen LogP) is 4.01. The van der Waals surface area contributed by atoms with Crippen LogP contribution >= 0.6 is 11.6 Å². The van der Waals surface area contributed by atoms with Crippen LogP contribution in [0.25, 0.3) is 0 Å². The van der Waals surface area contributed by atoms with Gasteiger partial charge in [-0.25, -0.2) is 4.79 Å². The molecule has 0 aromatic heterocycles. The van der Waals surface area contributed by atoms with Crippen LogP contribution in [-0.2, 0) is 21.5 Å². The number of anilines is 1. The van der Waals surface area contributed by atoms with Gasteiger partial charge in [0.15, 0.2) is 0 Å². The first-order chi connectivity index (χ1) is 13.8. The van der Waals surface area contributed by atoms with Gasteiger partial charge in [0.05, 0.1) is 0 Å². The number of halogens is 1. The molecule has 2 N–H and O–H groups in total. The molecule has 4 amide bonds. The third-order valence-corrected chi connectivity index (χ3v) is 5.60. The fraction of sp³-hybridized carbons (Fsp3) is 0.318. The second-order valence-corrected chi connectivity index (χ2v) is 7.76. The minimum Gasteiger partial charge on any atom is -0.324 e. The molecule has 0 spiro atoms. The largest absolute Gasteiger partial charge is 0.325 e. The molecule has 1 heterocycles. The van der Waals surface area contributed by atoms with E-state index in [4.69, 9.17) is 11.6 Å². The van der Waals surface area contributed by atoms with Crippen molar-refractivity contribution in [2.75, 3.05) is 11.9 Å². The number of amides is 4. The summed E-state index contributed by atoms with van der Waals surface area (Å²) in [5.41, 5.74) is 1.92. The lowest BCUT2D eigenvalue weighted by atomic mass is 9.91. The Labute approximate surface area is 175 Å². The molecule has 0 aliphatic carbocycles. The Morgan fingerprint density at radius 1 is 1.17 bits per heavy atom. The average Bonchev–Trinajstić information content (AvgIpc) is 2.90. The predicted molar refractivity (Wildman–Crippen MR) is 113 cm³/mol. The molecule has 0 radical (unpaired) electrons. The van der Waals surface area contributed by atoms with Crippen LogP contribution in [0, 0.1) is 6.92 Å². The molecule has 0 saturated carbocycles. The van der Waals surface area contributed by atoms with Crippen LogP contribution in [0.1, 0.15) is 37.0 Å². The molecular weight excluding hydrogens is 390 g/mol. The highest BCUT2D eigenvalue weighted by molar-refractivity contribution is 6.31. The number of imide groups is 1. The summed E-state index contributed by atoms with van der Waals surface area (Å²) in [6.45, 7) is 5.16. The van der Waals surface area contributed by atoms with E-state index in [-0.39, 0.29) is 6.54 Å². The summed E-state index contributed by atoms with van der Waals surface area (Å²) < 4.78 is 0. The Balaban J connectivity index is 1.74. The summed E-state index contributed by atoms with van der Waals surface area (Å²) in [4.78, 5) is 38.8. The number of benzene rings is 2. The van der Waals surface area contributed by atoms with E-state index in [1.165, 1.54) is 5.56 Å². The van der Waals surface area contributed by atoms with E-state index < -0.39 is 23.4 Å². The number of hydrogen-bond acceptors (Lipinski definition) is 3. The monoisotopic (exact) mass is 413 g/mol. The summed E-state index contributed by atoms with van der Waals surface area (Å²) in [6, 6.07) is 12.2. The Morgan fingerprint density at radius 3 is 2.52 bits per heavy atom. The number of hydrogen-bond donors (Lipinski definition) is 2. The van der Waals surface area contributed by atoms with E-state index in [0.29, 0.717) is 16.3 Å². The summed E-state index contributed by atoms with van der Waals surface area (Å²) >= 11 is 6.07. The van der Waals surface area contributed by atoms with Crippen molar-refractivity contribution in [2.24, 2.45) is 0 Å². The molecule has 1 unspecified atom stereocenters. The van der Waals surface area contributed by atoms with Gasteiger partial charge in [-0.3, -0.25) is 14.5 Å². The topological polar surface area (TPSA) is 78.5 Å². The van der Waals surface area contributed by atoms with Crippen LogP contribution in [0.2, 0.25) is 5.02 Å². The maximum absolute atomic E-state index is 13.0. The SMILES string of the molecule is CCCc1ccc(C2(C)NC(=O)N(CC(=O)Nc3cccc(Cl)c3C)C2=O)cc1. The molecule has 1 fully saturated rings. The van der Waals surface area contributed by atoms with Gasteiger partial charge < -0.3 is 10.6 Å². The van der Waals surface area contributed by atoms with Gasteiger partial charge in [0.25, 0.3) is 5.91 Å². The first-order valence-corrected chi connectivity index (χ1v) is 9.92. The van der Waals surface area contributed by atoms with Gasteiger partial charge in [-0.1, -0.05) is 55.3 Å². The van der Waals surface area contributed by atoms with Crippen molar-refractivity contribution in [2.45, 2.75) is 39.2 Å². The molecular formula is C22H24ClN3O3. The second kappa shape index (κ2) is 8.25. The van der Waals surface area contributed by atoms with Crippen molar-refractivity contribution in [3.8, 4) is 0 Å². The Hall–Kier alpha value is -2.86. The van der Waals surface area contributed by atoms with E-state index in [1.807, 2.05) is 24.3 Å². The number of nitrogens with one attached hydrogen (secondary N) is 2. The maximum atomic E-state index is 13.0. The minimum absolute atomic E-state index is 0.375. The lowest BCUT2D eigenvalue weighted by molar-refractivity contribution is -0.133. The first-order valence-electron chi connectivity index (χ1n) is 9.54. The summed E-state index contributed by atoms with van der Waals surface area (Å²) in [6.07, 6.45) is 1.98. The molecule has 1 aliphatic rings. The van der Waals surface area contributed by atoms with Crippen LogP contribution < -0.4 is 10.6 Å². The summed E-state index contributed by atoms with van der Waals surface area (Å²) in [5, 5.41) is 5.96. The van der Waals surface area contributed by atoms with Crippen LogP contribution in [-0.4, -0.2) is 29.3 Å². The fourth-order valence-electron chi connectivity index (χ4n) is 3.41. The molecule has 1 atom stereocenters. The van der Waals surface area contributed by atoms with Gasteiger partial charge in [-0.15, -0.1) is 0 Å². The summed E-state index contributed by atoms with van der Waals surface area (Å²) in [7, 11) is 0. The molecule has 2 aromatic carbocycles. The van der Waals surface area contributed by atoms with Crippen LogP contribution in [0.3, 0.4) is 0 Å². The highest BCUT2D eigenvalue weighted by atomic mass is 35.5. The van der Waals surface area contributed by atoms with Crippen molar-refractivity contribution in [1.29, 1.82) is 0 Å². The van der Waals surface area contributed by atoms with Gasteiger partial charge in [-0.2, -0.15) is 0 Å². The molecule has 7 heteroatoms. The Kier molecular flexibility index (Phi) is 5.94. The van der Waals surface area contributed by atoms with E-state index in [1.54, 1.807) is 32.0 Å². The second-order valence-electron chi connectivity index (χ2n) is 7.35. The van der Waals surface area contributed by atoms with Crippen molar-refractivity contribution in [3.05, 3.63) is 64.2 Å². The molecule has 2 aromatic rings. The molecule has 152 valence electrons. The quantitative estimate of drug-likeness (QED) is 0.702. The van der Waals surface area contributed by atoms with E-state index >= 15 is 0 Å². The zero-order chi connectivity index (χ0) is 21.2. The van der Waals surface area contributed by atoms with Gasteiger partial charge >= 0.3 is 6.03 Å². The van der Waals surface area contributed by atoms with Gasteiger partial charge in [0, 0.05) is 10.7 Å². The Bertz CT molecular complexity index is 958. The fourth-order valence-corrected chi connectivity index (χ4v) is 3.58. The first kappa shape index (κ1) is 20.9. The molecule has 29 heavy (non-hydrogen) atoms. The molecule has 3 rings (SSSR count). The average molecular weight is 414 g/mol. The van der Waals surface area contributed by atoms with E-state index in [0.717, 1.165) is 23.3 Å². The van der Waals surface area contributed by atoms with Gasteiger partial charge in [0.1, 0.15) is 12.1 Å². The molecule has 6 nitrogen and oxygen atoms in total. The highest BCUT2D eigenvalue weighted by Gasteiger charge is 2.49. The van der Waals surface area contributed by atoms with Crippen molar-refractivity contribution < 1.29 is 14.4 Å². The third kappa shape index (κ3) is 4.12. The smallest absolute Gasteiger partial charge is 0.324 e. The van der Waals surface area contributed by atoms with E-state index in [9.17, 15) is 14.4 Å². The highest BCUT2D eigenvalue weighted by Crippen LogP contribution is 2.29. The number of aryl methyl sites for hydroxylation is 1. The van der Waals surface area contributed by atoms with Crippen LogP contribution in [0.5, 0.6) is 0 Å². The lowest BCUT2D eigenvalue weighted by Crippen LogP contribution is -2.42. The van der Waals surface area contributed by atoms with Gasteiger partial charge in [-0.05, 0) is 49.1 Å². The zero-order valence-electron chi connectivity index (χ0n) is 16.7. The summed E-state index contributed by atoms with van der Waals surface area (Å²) in [5.74, 6) is -0.926. The number of carbonyl (C=O) groups is 3. The van der Waals surface area contributed by atoms with Crippen LogP contribution in [0.15, 0.2) is 42.5 Å². The normalized spacial score (nSPS) is 18.7. The lowest BCUT2D eigenvalue weighted by Gasteiger charge is -2.22. The van der Waals surface area contributed by atoms with Crippen molar-refractivity contribution >= 4 is 35.1 Å². The number of nitrogens with zero attached hydrogens (tertiary/aromatic N) is 1. The van der Waals surface area contributed by atoms with Crippen molar-refractivity contribution in [1.82, 2.24) is 10.2 Å². The number of urea groups is 1. The number of rotatable bonds is 6. The van der Waals surface area contributed by atoms with E-state index in [2.05, 4.69) is 17.6 Å². The standard InChI is InChI=1S/C22H24ClN3O3/c1-4-6-15-9-11-16(12-10-15)22(3)20(28)26(21(29)25-22)13-19(27)24-18-8-5-7-17(23)14(18)2/h5,7-12H,4,6,13H2,1-3H3,(H,24,27)(H,25,29). The van der Waals surface area contributed by atoms with Crippen molar-refractivity contribution in [3.63, 3.8) is 0 Å². The Morgan fingerprint density at radius 2 is 1.86 bits per heavy atom. The molecule has 1 aliphatic heterocycles. The maximum Gasteiger partial charge on any atom is 0.325 e. The molecule has 1 saturated heterocycles. The zero-order valence-corrected chi connectivity index (χ0v) is 17.5. The number of carbonyl (C=O) groups excluding carboxylic acids is 3.